The zero-order chi connectivity index (χ0) is 8.39. The minimum absolute atomic E-state index is 0.512. The van der Waals surface area contributed by atoms with Crippen LogP contribution in [0.3, 0.4) is 0 Å². The van der Waals surface area contributed by atoms with Crippen LogP contribution in [0.5, 0.6) is 0 Å². The van der Waals surface area contributed by atoms with Crippen LogP contribution in [-0.4, -0.2) is 16.3 Å². The number of aryl methyl sites for hydroxylation is 1. The van der Waals surface area contributed by atoms with Crippen LogP contribution in [0.25, 0.3) is 0 Å². The average Bonchev–Trinajstić information content (AvgIpc) is 2.75. The Morgan fingerprint density at radius 1 is 1.75 bits per heavy atom. The summed E-state index contributed by atoms with van der Waals surface area (Å²) in [5, 5.41) is 7.90. The smallest absolute Gasteiger partial charge is 0.0793 e. The molecule has 0 amide bonds. The van der Waals surface area contributed by atoms with E-state index < -0.39 is 0 Å². The van der Waals surface area contributed by atoms with E-state index in [0.29, 0.717) is 6.04 Å². The van der Waals surface area contributed by atoms with Gasteiger partial charge < -0.3 is 5.32 Å². The van der Waals surface area contributed by atoms with Gasteiger partial charge in [0.15, 0.2) is 0 Å². The fourth-order valence-corrected chi connectivity index (χ4v) is 1.68. The molecule has 1 aliphatic heterocycles. The quantitative estimate of drug-likeness (QED) is 0.716. The van der Waals surface area contributed by atoms with Crippen LogP contribution in [0.15, 0.2) is 12.3 Å². The van der Waals surface area contributed by atoms with Crippen molar-refractivity contribution >= 4 is 0 Å². The van der Waals surface area contributed by atoms with Gasteiger partial charge in [-0.05, 0) is 32.4 Å². The van der Waals surface area contributed by atoms with E-state index in [0.717, 1.165) is 13.1 Å². The molecule has 1 aromatic heterocycles. The number of nitrogens with zero attached hydrogens (tertiary/aromatic N) is 2. The van der Waals surface area contributed by atoms with E-state index in [2.05, 4.69) is 29.6 Å². The third-order valence-corrected chi connectivity index (χ3v) is 2.40. The van der Waals surface area contributed by atoms with Crippen molar-refractivity contribution in [3.05, 3.63) is 18.0 Å². The highest BCUT2D eigenvalue weighted by molar-refractivity contribution is 5.06. The monoisotopic (exact) mass is 165 g/mol. The molecule has 3 heteroatoms. The van der Waals surface area contributed by atoms with Crippen LogP contribution in [0.2, 0.25) is 0 Å². The molecule has 12 heavy (non-hydrogen) atoms. The third kappa shape index (κ3) is 1.37. The van der Waals surface area contributed by atoms with Gasteiger partial charge in [0.05, 0.1) is 11.7 Å². The Morgan fingerprint density at radius 3 is 3.25 bits per heavy atom. The molecule has 0 aromatic carbocycles. The van der Waals surface area contributed by atoms with Gasteiger partial charge in [-0.15, -0.1) is 0 Å². The predicted octanol–water partition coefficient (Wildman–Crippen LogP) is 1.33. The molecule has 2 heterocycles. The maximum Gasteiger partial charge on any atom is 0.0793 e. The summed E-state index contributed by atoms with van der Waals surface area (Å²) in [7, 11) is 0. The molecule has 1 atom stereocenters. The molecule has 1 fully saturated rings. The molecular formula is C9H15N3. The van der Waals surface area contributed by atoms with Gasteiger partial charge >= 0.3 is 0 Å². The van der Waals surface area contributed by atoms with Crippen LogP contribution < -0.4 is 5.32 Å². The number of hydrogen-bond donors (Lipinski definition) is 1. The molecule has 0 spiro atoms. The van der Waals surface area contributed by atoms with Crippen LogP contribution in [0.4, 0.5) is 0 Å². The van der Waals surface area contributed by atoms with Crippen LogP contribution in [0.1, 0.15) is 31.5 Å². The molecule has 2 rings (SSSR count). The Bertz CT molecular complexity index is 248. The highest BCUT2D eigenvalue weighted by atomic mass is 15.3. The first-order valence-corrected chi connectivity index (χ1v) is 4.67. The van der Waals surface area contributed by atoms with Gasteiger partial charge in [0.1, 0.15) is 0 Å². The lowest BCUT2D eigenvalue weighted by molar-refractivity contribution is 0.585. The molecule has 66 valence electrons. The highest BCUT2D eigenvalue weighted by Crippen LogP contribution is 2.20. The van der Waals surface area contributed by atoms with E-state index in [4.69, 9.17) is 0 Å². The van der Waals surface area contributed by atoms with Gasteiger partial charge in [0.25, 0.3) is 0 Å². The molecule has 0 radical (unpaired) electrons. The average molecular weight is 165 g/mol. The molecule has 1 aliphatic rings. The lowest BCUT2D eigenvalue weighted by Crippen LogP contribution is -2.13. The lowest BCUT2D eigenvalue weighted by Gasteiger charge is -2.04. The Kier molecular flexibility index (Phi) is 2.13. The second-order valence-electron chi connectivity index (χ2n) is 3.25. The molecule has 3 nitrogen and oxygen atoms in total. The van der Waals surface area contributed by atoms with Crippen molar-refractivity contribution in [2.45, 2.75) is 32.4 Å². The number of aromatic nitrogens is 2. The first-order valence-electron chi connectivity index (χ1n) is 4.67. The van der Waals surface area contributed by atoms with Crippen LogP contribution >= 0.6 is 0 Å². The minimum atomic E-state index is 0.512. The van der Waals surface area contributed by atoms with Gasteiger partial charge in [-0.2, -0.15) is 5.10 Å². The van der Waals surface area contributed by atoms with Crippen molar-refractivity contribution in [3.8, 4) is 0 Å². The maximum atomic E-state index is 4.46. The zero-order valence-corrected chi connectivity index (χ0v) is 7.45. The van der Waals surface area contributed by atoms with Gasteiger partial charge in [0, 0.05) is 12.7 Å². The number of hydrogen-bond acceptors (Lipinski definition) is 2. The predicted molar refractivity (Wildman–Crippen MR) is 47.9 cm³/mol. The first kappa shape index (κ1) is 7.80. The summed E-state index contributed by atoms with van der Waals surface area (Å²) in [6.45, 7) is 4.22. The SMILES string of the molecule is CCn1ccc([C@@H]2CCCN2)n1. The van der Waals surface area contributed by atoms with Crippen molar-refractivity contribution in [3.63, 3.8) is 0 Å². The molecule has 0 unspecified atom stereocenters. The first-order chi connectivity index (χ1) is 5.90. The minimum Gasteiger partial charge on any atom is -0.309 e. The van der Waals surface area contributed by atoms with Crippen molar-refractivity contribution in [1.82, 2.24) is 15.1 Å². The number of nitrogens with one attached hydrogen (secondary N) is 1. The second-order valence-corrected chi connectivity index (χ2v) is 3.25. The summed E-state index contributed by atoms with van der Waals surface area (Å²) in [6, 6.07) is 2.63. The zero-order valence-electron chi connectivity index (χ0n) is 7.45. The Morgan fingerprint density at radius 2 is 2.67 bits per heavy atom. The van der Waals surface area contributed by atoms with Crippen molar-refractivity contribution in [2.24, 2.45) is 0 Å². The lowest BCUT2D eigenvalue weighted by atomic mass is 10.2. The van der Waals surface area contributed by atoms with Crippen molar-refractivity contribution in [2.75, 3.05) is 6.54 Å². The molecule has 1 aromatic rings. The van der Waals surface area contributed by atoms with Crippen molar-refractivity contribution < 1.29 is 0 Å². The van der Waals surface area contributed by atoms with Gasteiger partial charge in [-0.1, -0.05) is 0 Å². The van der Waals surface area contributed by atoms with Crippen LogP contribution in [-0.2, 0) is 6.54 Å². The summed E-state index contributed by atoms with van der Waals surface area (Å²) >= 11 is 0. The van der Waals surface area contributed by atoms with Gasteiger partial charge in [-0.3, -0.25) is 4.68 Å². The van der Waals surface area contributed by atoms with Gasteiger partial charge in [-0.25, -0.2) is 0 Å². The topological polar surface area (TPSA) is 29.9 Å². The molecule has 0 bridgehead atoms. The Balaban J connectivity index is 2.11. The van der Waals surface area contributed by atoms with E-state index in [-0.39, 0.29) is 0 Å². The standard InChI is InChI=1S/C9H15N3/c1-2-12-7-5-9(11-12)8-4-3-6-10-8/h5,7-8,10H,2-4,6H2,1H3/t8-/m0/s1. The largest absolute Gasteiger partial charge is 0.309 e. The Labute approximate surface area is 72.8 Å². The summed E-state index contributed by atoms with van der Waals surface area (Å²) in [6.07, 6.45) is 4.57. The second kappa shape index (κ2) is 3.27. The summed E-state index contributed by atoms with van der Waals surface area (Å²) in [5.41, 5.74) is 1.20. The van der Waals surface area contributed by atoms with E-state index in [1.165, 1.54) is 18.5 Å². The van der Waals surface area contributed by atoms with Gasteiger partial charge in [0.2, 0.25) is 0 Å². The summed E-state index contributed by atoms with van der Waals surface area (Å²) < 4.78 is 1.98. The fourth-order valence-electron chi connectivity index (χ4n) is 1.68. The number of rotatable bonds is 2. The third-order valence-electron chi connectivity index (χ3n) is 2.40. The van der Waals surface area contributed by atoms with Crippen LogP contribution in [0, 0.1) is 0 Å². The maximum absolute atomic E-state index is 4.46. The molecule has 1 saturated heterocycles. The normalized spacial score (nSPS) is 23.2. The fraction of sp³-hybridized carbons (Fsp3) is 0.667. The van der Waals surface area contributed by atoms with E-state index >= 15 is 0 Å². The Hall–Kier alpha value is -0.830. The molecule has 0 aliphatic carbocycles. The van der Waals surface area contributed by atoms with E-state index in [1.54, 1.807) is 0 Å². The summed E-state index contributed by atoms with van der Waals surface area (Å²) in [5.74, 6) is 0. The molecule has 0 saturated carbocycles. The van der Waals surface area contributed by atoms with E-state index in [1.807, 2.05) is 4.68 Å². The van der Waals surface area contributed by atoms with Crippen molar-refractivity contribution in [1.29, 1.82) is 0 Å². The summed E-state index contributed by atoms with van der Waals surface area (Å²) in [4.78, 5) is 0. The molecule has 1 N–H and O–H groups in total. The highest BCUT2D eigenvalue weighted by Gasteiger charge is 2.17. The van der Waals surface area contributed by atoms with E-state index in [9.17, 15) is 0 Å². The molecular weight excluding hydrogens is 150 g/mol.